The monoisotopic (exact) mass is 323 g/mol. The fourth-order valence-electron chi connectivity index (χ4n) is 1.05. The predicted octanol–water partition coefficient (Wildman–Crippen LogP) is -1.79. The first-order valence-corrected chi connectivity index (χ1v) is 8.19. The molecule has 2 N–H and O–H groups in total. The van der Waals surface area contributed by atoms with Crippen LogP contribution < -0.4 is 10.6 Å². The van der Waals surface area contributed by atoms with Crippen molar-refractivity contribution in [2.75, 3.05) is 18.8 Å². The maximum Gasteiger partial charge on any atom is 0.238 e. The van der Waals surface area contributed by atoms with Crippen molar-refractivity contribution in [1.29, 1.82) is 0 Å². The second-order valence-corrected chi connectivity index (χ2v) is 6.51. The van der Waals surface area contributed by atoms with E-state index in [9.17, 15) is 26.8 Å². The van der Waals surface area contributed by atoms with Gasteiger partial charge in [-0.05, 0) is 11.1 Å². The van der Waals surface area contributed by atoms with Crippen molar-refractivity contribution < 1.29 is 26.8 Å². The summed E-state index contributed by atoms with van der Waals surface area (Å²) in [6.07, 6.45) is 0.966. The van der Waals surface area contributed by atoms with Gasteiger partial charge in [0, 0.05) is 18.5 Å². The van der Waals surface area contributed by atoms with Crippen molar-refractivity contribution in [2.45, 2.75) is 5.25 Å². The molecule has 0 aromatic carbocycles. The number of hydrogen-bond acceptors (Lipinski definition) is 6. The summed E-state index contributed by atoms with van der Waals surface area (Å²) < 4.78 is 43.3. The molecule has 0 saturated heterocycles. The first kappa shape index (κ1) is 18.5. The molecule has 0 heterocycles. The Bertz CT molecular complexity index is 514. The Balaban J connectivity index is 4.06. The number of hydrogen-bond donors (Lipinski definition) is 2. The van der Waals surface area contributed by atoms with Crippen LogP contribution in [-0.2, 0) is 30.5 Å². The van der Waals surface area contributed by atoms with Gasteiger partial charge in [0.25, 0.3) is 0 Å². The number of carbonyl (C=O) groups excluding carboxylic acids is 2. The van der Waals surface area contributed by atoms with Crippen LogP contribution in [-0.4, -0.2) is 53.1 Å². The summed E-state index contributed by atoms with van der Waals surface area (Å²) >= 11 is -2.62. The number of nitrogens with one attached hydrogen (secondary N) is 2. The second-order valence-electron chi connectivity index (χ2n) is 3.53. The molecule has 0 aliphatic carbocycles. The minimum Gasteiger partial charge on any atom is -0.772 e. The second kappa shape index (κ2) is 8.61. The summed E-state index contributed by atoms with van der Waals surface area (Å²) in [5, 5.41) is 3.82. The molecule has 0 radical (unpaired) electrons. The maximum absolute atomic E-state index is 11.3. The van der Waals surface area contributed by atoms with Crippen molar-refractivity contribution in [2.24, 2.45) is 0 Å². The van der Waals surface area contributed by atoms with E-state index in [1.807, 2.05) is 0 Å². The van der Waals surface area contributed by atoms with Crippen molar-refractivity contribution in [1.82, 2.24) is 10.6 Å². The van der Waals surface area contributed by atoms with Crippen LogP contribution in [0.2, 0.25) is 0 Å². The van der Waals surface area contributed by atoms with E-state index >= 15 is 0 Å². The third-order valence-corrected chi connectivity index (χ3v) is 4.01. The molecule has 0 spiro atoms. The van der Waals surface area contributed by atoms with Gasteiger partial charge in [0.2, 0.25) is 11.8 Å². The average Bonchev–Trinajstić information content (AvgIpc) is 2.34. The first-order chi connectivity index (χ1) is 9.23. The van der Waals surface area contributed by atoms with Gasteiger partial charge in [-0.3, -0.25) is 13.8 Å². The third-order valence-electron chi connectivity index (χ3n) is 2.01. The van der Waals surface area contributed by atoms with E-state index in [1.54, 1.807) is 0 Å². The molecule has 0 aromatic rings. The highest BCUT2D eigenvalue weighted by Crippen LogP contribution is 1.94. The van der Waals surface area contributed by atoms with Gasteiger partial charge in [-0.25, -0.2) is 8.42 Å². The van der Waals surface area contributed by atoms with E-state index < -0.39 is 43.7 Å². The molecular weight excluding hydrogens is 308 g/mol. The lowest BCUT2D eigenvalue weighted by atomic mass is 10.4. The van der Waals surface area contributed by atoms with E-state index in [1.165, 1.54) is 0 Å². The lowest BCUT2D eigenvalue weighted by Crippen LogP contribution is -2.41. The van der Waals surface area contributed by atoms with Crippen molar-refractivity contribution in [3.05, 3.63) is 24.6 Å². The Labute approximate surface area is 119 Å². The summed E-state index contributed by atoms with van der Waals surface area (Å²) in [6, 6.07) is 0. The van der Waals surface area contributed by atoms with Crippen LogP contribution in [0, 0.1) is 0 Å². The zero-order valence-electron chi connectivity index (χ0n) is 10.5. The van der Waals surface area contributed by atoms with Crippen molar-refractivity contribution >= 4 is 32.7 Å². The van der Waals surface area contributed by atoms with Gasteiger partial charge < -0.3 is 15.2 Å². The minimum absolute atomic E-state index is 0.0351. The van der Waals surface area contributed by atoms with Gasteiger partial charge in [0.1, 0.15) is 11.0 Å². The molecule has 0 aliphatic rings. The molecule has 20 heavy (non-hydrogen) atoms. The van der Waals surface area contributed by atoms with Gasteiger partial charge in [0.05, 0.1) is 0 Å². The Morgan fingerprint density at radius 2 is 1.80 bits per heavy atom. The third kappa shape index (κ3) is 7.16. The van der Waals surface area contributed by atoms with Gasteiger partial charge in [0.15, 0.2) is 9.84 Å². The minimum atomic E-state index is -3.63. The van der Waals surface area contributed by atoms with Gasteiger partial charge in [-0.15, -0.1) is 6.58 Å². The molecule has 10 heteroatoms. The smallest absolute Gasteiger partial charge is 0.238 e. The molecule has 2 amide bonds. The molecule has 0 fully saturated rings. The predicted molar refractivity (Wildman–Crippen MR) is 72.9 cm³/mol. The first-order valence-electron chi connectivity index (χ1n) is 5.33. The summed E-state index contributed by atoms with van der Waals surface area (Å²) in [7, 11) is -3.63. The molecule has 0 bridgehead atoms. The number of sulfone groups is 1. The summed E-state index contributed by atoms with van der Waals surface area (Å²) in [5.74, 6) is -2.25. The molecule has 2 unspecified atom stereocenters. The normalized spacial score (nSPS) is 13.8. The Morgan fingerprint density at radius 1 is 1.25 bits per heavy atom. The molecular formula is C10H15N2O6S2-. The van der Waals surface area contributed by atoms with E-state index in [-0.39, 0.29) is 13.1 Å². The zero-order valence-corrected chi connectivity index (χ0v) is 12.2. The number of carbonyl (C=O) groups is 2. The maximum atomic E-state index is 11.3. The SMILES string of the molecule is C=CC(C(=O)NCCNC(=O)CS(=O)(=O)C=C)S(=O)[O-]. The van der Waals surface area contributed by atoms with Crippen molar-refractivity contribution in [3.63, 3.8) is 0 Å². The fraction of sp³-hybridized carbons (Fsp3) is 0.400. The number of rotatable bonds is 9. The molecule has 8 nitrogen and oxygen atoms in total. The summed E-state index contributed by atoms with van der Waals surface area (Å²) in [5.41, 5.74) is 0. The quantitative estimate of drug-likeness (QED) is 0.292. The van der Waals surface area contributed by atoms with E-state index in [0.29, 0.717) is 5.41 Å². The average molecular weight is 323 g/mol. The molecule has 2 atom stereocenters. The standard InChI is InChI=1S/C10H16N2O6S2/c1-3-8(19(15)16)10(14)12-6-5-11-9(13)7-20(17,18)4-2/h3-4,8H,1-2,5-7H2,(H,11,13)(H,12,14)(H,15,16)/p-1. The summed E-state index contributed by atoms with van der Waals surface area (Å²) in [4.78, 5) is 22.5. The van der Waals surface area contributed by atoms with E-state index in [4.69, 9.17) is 0 Å². The highest BCUT2D eigenvalue weighted by atomic mass is 32.2. The lowest BCUT2D eigenvalue weighted by Gasteiger charge is -2.15. The molecule has 0 saturated carbocycles. The largest absolute Gasteiger partial charge is 0.772 e. The highest BCUT2D eigenvalue weighted by molar-refractivity contribution is 7.94. The molecule has 0 aliphatic heterocycles. The molecule has 114 valence electrons. The van der Waals surface area contributed by atoms with Crippen LogP contribution in [0.3, 0.4) is 0 Å². The van der Waals surface area contributed by atoms with Gasteiger partial charge in [-0.1, -0.05) is 12.7 Å². The zero-order chi connectivity index (χ0) is 15.8. The van der Waals surface area contributed by atoms with Gasteiger partial charge in [-0.2, -0.15) is 0 Å². The summed E-state index contributed by atoms with van der Waals surface area (Å²) in [6.45, 7) is 6.19. The van der Waals surface area contributed by atoms with Crippen LogP contribution in [0.25, 0.3) is 0 Å². The molecule has 0 aromatic heterocycles. The Morgan fingerprint density at radius 3 is 2.25 bits per heavy atom. The highest BCUT2D eigenvalue weighted by Gasteiger charge is 2.15. The van der Waals surface area contributed by atoms with E-state index in [2.05, 4.69) is 23.8 Å². The topological polar surface area (TPSA) is 132 Å². The van der Waals surface area contributed by atoms with Crippen molar-refractivity contribution in [3.8, 4) is 0 Å². The van der Waals surface area contributed by atoms with Crippen LogP contribution in [0.15, 0.2) is 24.6 Å². The van der Waals surface area contributed by atoms with Crippen LogP contribution in [0.1, 0.15) is 0 Å². The van der Waals surface area contributed by atoms with Crippen LogP contribution in [0.5, 0.6) is 0 Å². The van der Waals surface area contributed by atoms with Crippen LogP contribution >= 0.6 is 0 Å². The van der Waals surface area contributed by atoms with Crippen LogP contribution in [0.4, 0.5) is 0 Å². The Kier molecular flexibility index (Phi) is 7.96. The van der Waals surface area contributed by atoms with E-state index in [0.717, 1.165) is 6.08 Å². The Hall–Kier alpha value is -1.52. The lowest BCUT2D eigenvalue weighted by molar-refractivity contribution is -0.121. The fourth-order valence-corrected chi connectivity index (χ4v) is 2.05. The van der Waals surface area contributed by atoms with Gasteiger partial charge >= 0.3 is 0 Å². The number of amides is 2. The molecule has 0 rings (SSSR count).